The number of hydrogen-bond acceptors (Lipinski definition) is 3. The predicted molar refractivity (Wildman–Crippen MR) is 90.5 cm³/mol. The van der Waals surface area contributed by atoms with Gasteiger partial charge in [0.2, 0.25) is 0 Å². The number of morpholine rings is 1. The molecule has 1 aliphatic heterocycles. The fourth-order valence-corrected chi connectivity index (χ4v) is 2.45. The molecule has 5 heteroatoms. The first-order valence-electron chi connectivity index (χ1n) is 7.61. The lowest BCUT2D eigenvalue weighted by Gasteiger charge is -2.26. The Labute approximate surface area is 132 Å². The Balaban J connectivity index is 1.54. The maximum absolute atomic E-state index is 5.34. The molecule has 0 bridgehead atoms. The third kappa shape index (κ3) is 6.42. The van der Waals surface area contributed by atoms with Crippen molar-refractivity contribution in [3.8, 4) is 0 Å². The van der Waals surface area contributed by atoms with Crippen LogP contribution in [0.1, 0.15) is 17.5 Å². The number of benzene rings is 1. The summed E-state index contributed by atoms with van der Waals surface area (Å²) in [6, 6.07) is 8.50. The van der Waals surface area contributed by atoms with E-state index in [-0.39, 0.29) is 0 Å². The van der Waals surface area contributed by atoms with Crippen LogP contribution < -0.4 is 10.6 Å². The highest BCUT2D eigenvalue weighted by atomic mass is 32.1. The molecular formula is C16H25N3OS. The molecule has 0 atom stereocenters. The van der Waals surface area contributed by atoms with Gasteiger partial charge in [-0.25, -0.2) is 0 Å². The van der Waals surface area contributed by atoms with Crippen molar-refractivity contribution >= 4 is 17.3 Å². The summed E-state index contributed by atoms with van der Waals surface area (Å²) in [6.07, 6.45) is 1.10. The molecule has 0 saturated carbocycles. The van der Waals surface area contributed by atoms with E-state index in [2.05, 4.69) is 46.7 Å². The van der Waals surface area contributed by atoms with Crippen molar-refractivity contribution in [3.63, 3.8) is 0 Å². The first-order chi connectivity index (χ1) is 10.2. The molecular weight excluding hydrogens is 282 g/mol. The average Bonchev–Trinajstić information content (AvgIpc) is 2.52. The normalized spacial score (nSPS) is 15.7. The second kappa shape index (κ2) is 8.97. The van der Waals surface area contributed by atoms with E-state index < -0.39 is 0 Å². The number of nitrogens with zero attached hydrogens (tertiary/aromatic N) is 1. The molecule has 1 aromatic rings. The van der Waals surface area contributed by atoms with Gasteiger partial charge in [-0.3, -0.25) is 4.90 Å². The quantitative estimate of drug-likeness (QED) is 0.618. The van der Waals surface area contributed by atoms with Crippen molar-refractivity contribution in [2.45, 2.75) is 19.9 Å². The van der Waals surface area contributed by atoms with E-state index in [0.717, 1.165) is 57.5 Å². The summed E-state index contributed by atoms with van der Waals surface area (Å²) < 4.78 is 5.34. The molecule has 0 unspecified atom stereocenters. The van der Waals surface area contributed by atoms with Gasteiger partial charge in [-0.15, -0.1) is 0 Å². The molecule has 1 aromatic carbocycles. The van der Waals surface area contributed by atoms with Gasteiger partial charge in [-0.2, -0.15) is 0 Å². The van der Waals surface area contributed by atoms with Gasteiger partial charge in [0.1, 0.15) is 0 Å². The lowest BCUT2D eigenvalue weighted by atomic mass is 10.1. The second-order valence-electron chi connectivity index (χ2n) is 5.40. The zero-order valence-electron chi connectivity index (χ0n) is 12.7. The van der Waals surface area contributed by atoms with Crippen molar-refractivity contribution in [2.75, 3.05) is 39.4 Å². The predicted octanol–water partition coefficient (Wildman–Crippen LogP) is 1.68. The molecule has 21 heavy (non-hydrogen) atoms. The van der Waals surface area contributed by atoms with E-state index in [4.69, 9.17) is 17.0 Å². The molecule has 1 heterocycles. The van der Waals surface area contributed by atoms with Crippen LogP contribution in [0.15, 0.2) is 24.3 Å². The second-order valence-corrected chi connectivity index (χ2v) is 5.81. The summed E-state index contributed by atoms with van der Waals surface area (Å²) in [6.45, 7) is 8.72. The minimum absolute atomic E-state index is 0.734. The van der Waals surface area contributed by atoms with E-state index in [1.54, 1.807) is 0 Å². The van der Waals surface area contributed by atoms with Crippen molar-refractivity contribution in [1.82, 2.24) is 15.5 Å². The third-order valence-electron chi connectivity index (χ3n) is 3.61. The number of hydrogen-bond donors (Lipinski definition) is 2. The molecule has 1 saturated heterocycles. The summed E-state index contributed by atoms with van der Waals surface area (Å²) in [5.74, 6) is 0. The number of rotatable bonds is 6. The van der Waals surface area contributed by atoms with Gasteiger partial charge >= 0.3 is 0 Å². The Bertz CT molecular complexity index is 430. The Kier molecular flexibility index (Phi) is 6.92. The van der Waals surface area contributed by atoms with Gasteiger partial charge in [0.05, 0.1) is 13.2 Å². The standard InChI is InChI=1S/C16H25N3OS/c1-14-3-5-15(6-4-14)13-18-16(21)17-7-2-8-19-9-11-20-12-10-19/h3-6H,2,7-13H2,1H3,(H2,17,18,21). The van der Waals surface area contributed by atoms with Crippen LogP contribution in [-0.2, 0) is 11.3 Å². The van der Waals surface area contributed by atoms with E-state index in [1.165, 1.54) is 11.1 Å². The number of thiocarbonyl (C=S) groups is 1. The van der Waals surface area contributed by atoms with Crippen LogP contribution in [-0.4, -0.2) is 49.4 Å². The van der Waals surface area contributed by atoms with Crippen LogP contribution in [0.4, 0.5) is 0 Å². The number of ether oxygens (including phenoxy) is 1. The zero-order chi connectivity index (χ0) is 14.9. The fourth-order valence-electron chi connectivity index (χ4n) is 2.28. The Morgan fingerprint density at radius 3 is 2.62 bits per heavy atom. The van der Waals surface area contributed by atoms with Crippen LogP contribution in [0.2, 0.25) is 0 Å². The molecule has 2 rings (SSSR count). The maximum Gasteiger partial charge on any atom is 0.166 e. The highest BCUT2D eigenvalue weighted by molar-refractivity contribution is 7.80. The van der Waals surface area contributed by atoms with E-state index in [1.807, 2.05) is 0 Å². The molecule has 0 aromatic heterocycles. The lowest BCUT2D eigenvalue weighted by Crippen LogP contribution is -2.39. The van der Waals surface area contributed by atoms with Crippen molar-refractivity contribution in [3.05, 3.63) is 35.4 Å². The van der Waals surface area contributed by atoms with Crippen LogP contribution in [0.3, 0.4) is 0 Å². The summed E-state index contributed by atoms with van der Waals surface area (Å²) in [5.41, 5.74) is 2.53. The highest BCUT2D eigenvalue weighted by Crippen LogP contribution is 2.02. The molecule has 0 radical (unpaired) electrons. The van der Waals surface area contributed by atoms with Gasteiger partial charge in [0, 0.05) is 26.2 Å². The molecule has 0 aliphatic carbocycles. The highest BCUT2D eigenvalue weighted by Gasteiger charge is 2.09. The third-order valence-corrected chi connectivity index (χ3v) is 3.90. The molecule has 0 amide bonds. The fraction of sp³-hybridized carbons (Fsp3) is 0.562. The molecule has 2 N–H and O–H groups in total. The van der Waals surface area contributed by atoms with Gasteiger partial charge in [-0.05, 0) is 37.7 Å². The first kappa shape index (κ1) is 16.2. The maximum atomic E-state index is 5.34. The van der Waals surface area contributed by atoms with Gasteiger partial charge in [0.25, 0.3) is 0 Å². The smallest absolute Gasteiger partial charge is 0.166 e. The topological polar surface area (TPSA) is 36.5 Å². The molecule has 116 valence electrons. The lowest BCUT2D eigenvalue weighted by molar-refractivity contribution is 0.0376. The summed E-state index contributed by atoms with van der Waals surface area (Å²) in [7, 11) is 0. The van der Waals surface area contributed by atoms with Crippen molar-refractivity contribution in [2.24, 2.45) is 0 Å². The Hall–Kier alpha value is -1.17. The minimum atomic E-state index is 0.734. The van der Waals surface area contributed by atoms with E-state index in [9.17, 15) is 0 Å². The summed E-state index contributed by atoms with van der Waals surface area (Å²) in [4.78, 5) is 2.44. The van der Waals surface area contributed by atoms with E-state index >= 15 is 0 Å². The Morgan fingerprint density at radius 1 is 1.19 bits per heavy atom. The largest absolute Gasteiger partial charge is 0.379 e. The van der Waals surface area contributed by atoms with Crippen LogP contribution in [0, 0.1) is 6.92 Å². The number of nitrogens with one attached hydrogen (secondary N) is 2. The molecule has 0 spiro atoms. The van der Waals surface area contributed by atoms with Crippen molar-refractivity contribution in [1.29, 1.82) is 0 Å². The molecule has 4 nitrogen and oxygen atoms in total. The van der Waals surface area contributed by atoms with E-state index in [0.29, 0.717) is 0 Å². The first-order valence-corrected chi connectivity index (χ1v) is 8.02. The average molecular weight is 307 g/mol. The van der Waals surface area contributed by atoms with Crippen LogP contribution in [0.5, 0.6) is 0 Å². The van der Waals surface area contributed by atoms with Crippen molar-refractivity contribution < 1.29 is 4.74 Å². The van der Waals surface area contributed by atoms with Gasteiger partial charge < -0.3 is 15.4 Å². The SMILES string of the molecule is Cc1ccc(CNC(=S)NCCCN2CCOCC2)cc1. The van der Waals surface area contributed by atoms with Crippen LogP contribution in [0.25, 0.3) is 0 Å². The summed E-state index contributed by atoms with van der Waals surface area (Å²) >= 11 is 5.29. The number of aryl methyl sites for hydroxylation is 1. The monoisotopic (exact) mass is 307 g/mol. The molecule has 1 fully saturated rings. The minimum Gasteiger partial charge on any atom is -0.379 e. The molecule has 1 aliphatic rings. The van der Waals surface area contributed by atoms with Gasteiger partial charge in [-0.1, -0.05) is 29.8 Å². The van der Waals surface area contributed by atoms with Crippen LogP contribution >= 0.6 is 12.2 Å². The summed E-state index contributed by atoms with van der Waals surface area (Å²) in [5, 5.41) is 7.24. The Morgan fingerprint density at radius 2 is 1.90 bits per heavy atom. The zero-order valence-corrected chi connectivity index (χ0v) is 13.5. The van der Waals surface area contributed by atoms with Gasteiger partial charge in [0.15, 0.2) is 5.11 Å².